The Bertz CT molecular complexity index is 395. The summed E-state index contributed by atoms with van der Waals surface area (Å²) in [4.78, 5) is 4.12. The molecule has 1 aliphatic rings. The maximum atomic E-state index is 6.48. The molecule has 19 heavy (non-hydrogen) atoms. The standard InChI is InChI=1S/C16H28N2S/c1-5-14(17)15(16-12(4)8-9-19-16)18(11(2)3)10-13-6-7-13/h8-9,11,13-15H,5-7,10,17H2,1-4H3. The Morgan fingerprint density at radius 3 is 2.53 bits per heavy atom. The van der Waals surface area contributed by atoms with Gasteiger partial charge >= 0.3 is 0 Å². The van der Waals surface area contributed by atoms with Gasteiger partial charge in [0.1, 0.15) is 0 Å². The van der Waals surface area contributed by atoms with E-state index in [0.29, 0.717) is 12.1 Å². The van der Waals surface area contributed by atoms with Crippen molar-refractivity contribution in [2.24, 2.45) is 11.7 Å². The highest BCUT2D eigenvalue weighted by atomic mass is 32.1. The van der Waals surface area contributed by atoms with E-state index >= 15 is 0 Å². The number of hydrogen-bond donors (Lipinski definition) is 1. The molecule has 1 heterocycles. The summed E-state index contributed by atoms with van der Waals surface area (Å²) in [7, 11) is 0. The zero-order chi connectivity index (χ0) is 14.0. The summed E-state index contributed by atoms with van der Waals surface area (Å²) in [5.74, 6) is 0.911. The third kappa shape index (κ3) is 3.59. The first-order valence-corrected chi connectivity index (χ1v) is 8.47. The zero-order valence-corrected chi connectivity index (χ0v) is 13.5. The van der Waals surface area contributed by atoms with Gasteiger partial charge in [0.2, 0.25) is 0 Å². The van der Waals surface area contributed by atoms with Crippen LogP contribution in [0.3, 0.4) is 0 Å². The molecule has 2 rings (SSSR count). The number of thiophene rings is 1. The molecular formula is C16H28N2S. The summed E-state index contributed by atoms with van der Waals surface area (Å²) in [5, 5.41) is 2.20. The minimum atomic E-state index is 0.235. The second-order valence-corrected chi connectivity index (χ2v) is 7.17. The highest BCUT2D eigenvalue weighted by Crippen LogP contribution is 2.37. The molecule has 0 aromatic carbocycles. The van der Waals surface area contributed by atoms with Crippen LogP contribution in [0.2, 0.25) is 0 Å². The Labute approximate surface area is 122 Å². The van der Waals surface area contributed by atoms with Gasteiger partial charge in [0.25, 0.3) is 0 Å². The van der Waals surface area contributed by atoms with E-state index in [1.165, 1.54) is 29.8 Å². The van der Waals surface area contributed by atoms with Crippen molar-refractivity contribution in [1.82, 2.24) is 4.90 Å². The molecule has 1 fully saturated rings. The van der Waals surface area contributed by atoms with Crippen LogP contribution in [-0.4, -0.2) is 23.5 Å². The summed E-state index contributed by atoms with van der Waals surface area (Å²) < 4.78 is 0. The molecule has 1 saturated carbocycles. The van der Waals surface area contributed by atoms with Crippen molar-refractivity contribution in [3.8, 4) is 0 Å². The highest BCUT2D eigenvalue weighted by Gasteiger charge is 2.34. The van der Waals surface area contributed by atoms with E-state index in [9.17, 15) is 0 Å². The molecule has 0 bridgehead atoms. The molecule has 1 aromatic heterocycles. The van der Waals surface area contributed by atoms with Crippen molar-refractivity contribution < 1.29 is 0 Å². The maximum absolute atomic E-state index is 6.48. The number of rotatable bonds is 7. The molecule has 0 amide bonds. The monoisotopic (exact) mass is 280 g/mol. The Morgan fingerprint density at radius 1 is 1.42 bits per heavy atom. The van der Waals surface area contributed by atoms with Gasteiger partial charge in [-0.2, -0.15) is 0 Å². The van der Waals surface area contributed by atoms with Crippen molar-refractivity contribution >= 4 is 11.3 Å². The van der Waals surface area contributed by atoms with Crippen LogP contribution in [-0.2, 0) is 0 Å². The molecule has 0 saturated heterocycles. The van der Waals surface area contributed by atoms with Crippen LogP contribution >= 0.6 is 11.3 Å². The van der Waals surface area contributed by atoms with Crippen LogP contribution in [0.5, 0.6) is 0 Å². The normalized spacial score (nSPS) is 19.1. The van der Waals surface area contributed by atoms with Crippen molar-refractivity contribution in [1.29, 1.82) is 0 Å². The molecule has 0 spiro atoms. The van der Waals surface area contributed by atoms with Crippen molar-refractivity contribution in [2.75, 3.05) is 6.54 Å². The quantitative estimate of drug-likeness (QED) is 0.819. The van der Waals surface area contributed by atoms with E-state index in [2.05, 4.69) is 44.0 Å². The van der Waals surface area contributed by atoms with Gasteiger partial charge in [0, 0.05) is 23.5 Å². The zero-order valence-electron chi connectivity index (χ0n) is 12.7. The molecule has 2 nitrogen and oxygen atoms in total. The largest absolute Gasteiger partial charge is 0.326 e. The molecule has 2 N–H and O–H groups in total. The predicted molar refractivity (Wildman–Crippen MR) is 84.6 cm³/mol. The average Bonchev–Trinajstić information content (AvgIpc) is 3.10. The van der Waals surface area contributed by atoms with Gasteiger partial charge in [-0.1, -0.05) is 6.92 Å². The lowest BCUT2D eigenvalue weighted by molar-refractivity contribution is 0.125. The van der Waals surface area contributed by atoms with Gasteiger partial charge in [-0.25, -0.2) is 0 Å². The van der Waals surface area contributed by atoms with Gasteiger partial charge in [-0.15, -0.1) is 11.3 Å². The lowest BCUT2D eigenvalue weighted by atomic mass is 9.98. The van der Waals surface area contributed by atoms with Crippen LogP contribution in [0, 0.1) is 12.8 Å². The van der Waals surface area contributed by atoms with Gasteiger partial charge in [0.05, 0.1) is 6.04 Å². The molecule has 1 aliphatic carbocycles. The third-order valence-electron chi connectivity index (χ3n) is 4.23. The second kappa shape index (κ2) is 6.38. The third-order valence-corrected chi connectivity index (χ3v) is 5.32. The Hall–Kier alpha value is -0.380. The fourth-order valence-electron chi connectivity index (χ4n) is 2.75. The second-order valence-electron chi connectivity index (χ2n) is 6.22. The van der Waals surface area contributed by atoms with E-state index in [-0.39, 0.29) is 6.04 Å². The lowest BCUT2D eigenvalue weighted by Gasteiger charge is -2.38. The van der Waals surface area contributed by atoms with Gasteiger partial charge in [0.15, 0.2) is 0 Å². The Balaban J connectivity index is 2.26. The van der Waals surface area contributed by atoms with E-state index in [0.717, 1.165) is 12.3 Å². The van der Waals surface area contributed by atoms with Gasteiger partial charge in [-0.05, 0) is 63.0 Å². The molecule has 0 radical (unpaired) electrons. The Morgan fingerprint density at radius 2 is 2.11 bits per heavy atom. The SMILES string of the molecule is CCC(N)C(c1sccc1C)N(CC1CC1)C(C)C. The van der Waals surface area contributed by atoms with Crippen LogP contribution in [0.4, 0.5) is 0 Å². The van der Waals surface area contributed by atoms with E-state index in [1.54, 1.807) is 0 Å². The first kappa shape index (κ1) is 15.0. The molecule has 2 unspecified atom stereocenters. The number of nitrogens with two attached hydrogens (primary N) is 1. The first-order chi connectivity index (χ1) is 9.04. The predicted octanol–water partition coefficient (Wildman–Crippen LogP) is 3.96. The van der Waals surface area contributed by atoms with Crippen molar-refractivity contribution in [2.45, 2.75) is 65.1 Å². The lowest BCUT2D eigenvalue weighted by Crippen LogP contribution is -2.45. The van der Waals surface area contributed by atoms with Gasteiger partial charge in [-0.3, -0.25) is 4.90 Å². The summed E-state index contributed by atoms with van der Waals surface area (Å²) in [5.41, 5.74) is 7.88. The molecule has 0 aliphatic heterocycles. The van der Waals surface area contributed by atoms with E-state index in [1.807, 2.05) is 11.3 Å². The number of hydrogen-bond acceptors (Lipinski definition) is 3. The van der Waals surface area contributed by atoms with Crippen LogP contribution in [0.15, 0.2) is 11.4 Å². The maximum Gasteiger partial charge on any atom is 0.0598 e. The highest BCUT2D eigenvalue weighted by molar-refractivity contribution is 7.10. The van der Waals surface area contributed by atoms with Gasteiger partial charge < -0.3 is 5.73 Å². The fraction of sp³-hybridized carbons (Fsp3) is 0.750. The molecule has 1 aromatic rings. The summed E-state index contributed by atoms with van der Waals surface area (Å²) >= 11 is 1.87. The topological polar surface area (TPSA) is 29.3 Å². The Kier molecular flexibility index (Phi) is 5.04. The average molecular weight is 280 g/mol. The number of nitrogens with zero attached hydrogens (tertiary/aromatic N) is 1. The smallest absolute Gasteiger partial charge is 0.0598 e. The molecule has 108 valence electrons. The van der Waals surface area contributed by atoms with E-state index in [4.69, 9.17) is 5.73 Å². The van der Waals surface area contributed by atoms with Crippen LogP contribution in [0.1, 0.15) is 56.5 Å². The minimum absolute atomic E-state index is 0.235. The molecule has 2 atom stereocenters. The summed E-state index contributed by atoms with van der Waals surface area (Å²) in [6.07, 6.45) is 3.84. The molecular weight excluding hydrogens is 252 g/mol. The minimum Gasteiger partial charge on any atom is -0.326 e. The van der Waals surface area contributed by atoms with E-state index < -0.39 is 0 Å². The number of aryl methyl sites for hydroxylation is 1. The van der Waals surface area contributed by atoms with Crippen molar-refractivity contribution in [3.63, 3.8) is 0 Å². The van der Waals surface area contributed by atoms with Crippen LogP contribution < -0.4 is 5.73 Å². The summed E-state index contributed by atoms with van der Waals surface area (Å²) in [6, 6.07) is 3.42. The fourth-order valence-corrected chi connectivity index (χ4v) is 3.87. The molecule has 3 heteroatoms. The summed E-state index contributed by atoms with van der Waals surface area (Å²) in [6.45, 7) is 10.3. The van der Waals surface area contributed by atoms with Crippen molar-refractivity contribution in [3.05, 3.63) is 21.9 Å². The van der Waals surface area contributed by atoms with Crippen LogP contribution in [0.25, 0.3) is 0 Å². The first-order valence-electron chi connectivity index (χ1n) is 7.59.